The van der Waals surface area contributed by atoms with Crippen molar-refractivity contribution in [1.29, 1.82) is 0 Å². The van der Waals surface area contributed by atoms with E-state index < -0.39 is 22.0 Å². The van der Waals surface area contributed by atoms with Crippen LogP contribution in [-0.2, 0) is 18.0 Å². The predicted molar refractivity (Wildman–Crippen MR) is 25.0 cm³/mol. The van der Waals surface area contributed by atoms with Gasteiger partial charge in [-0.15, -0.1) is 0 Å². The molecule has 0 saturated carbocycles. The van der Waals surface area contributed by atoms with Gasteiger partial charge in [0.1, 0.15) is 0 Å². The van der Waals surface area contributed by atoms with Crippen LogP contribution in [0, 0.1) is 0 Å². The summed E-state index contributed by atoms with van der Waals surface area (Å²) in [4.78, 5) is 12.0. The number of hydrogen-bond donors (Lipinski definition) is 4. The van der Waals surface area contributed by atoms with Crippen molar-refractivity contribution in [2.75, 3.05) is 0 Å². The molecule has 76 valence electrons. The second-order valence-corrected chi connectivity index (χ2v) is 1.79. The van der Waals surface area contributed by atoms with E-state index >= 15 is 0 Å². The summed E-state index contributed by atoms with van der Waals surface area (Å²) in [5.41, 5.74) is 4.79. The van der Waals surface area contributed by atoms with Gasteiger partial charge in [-0.2, -0.15) is 0 Å². The number of halogens is 1. The van der Waals surface area contributed by atoms with Crippen LogP contribution >= 0.6 is 0 Å². The Morgan fingerprint density at radius 2 is 2.00 bits per heavy atom. The van der Waals surface area contributed by atoms with Gasteiger partial charge in [0.05, 0.1) is 0 Å². The van der Waals surface area contributed by atoms with Crippen LogP contribution in [0.25, 0.3) is 0 Å². The van der Waals surface area contributed by atoms with Crippen LogP contribution < -0.4 is 39.0 Å². The Labute approximate surface area is 76.7 Å². The van der Waals surface area contributed by atoms with E-state index in [-0.39, 0.29) is 5.39 Å². The quantitative estimate of drug-likeness (QED) is 0.149. The Bertz CT molecular complexity index is 81.5. The van der Waals surface area contributed by atoms with Crippen molar-refractivity contribution >= 4 is 0 Å². The van der Waals surface area contributed by atoms with Crippen molar-refractivity contribution in [2.45, 2.75) is 0 Å². The molecule has 0 fully saturated rings. The van der Waals surface area contributed by atoms with Crippen LogP contribution in [0.3, 0.4) is 0 Å². The zero-order valence-corrected chi connectivity index (χ0v) is 7.56. The maximum absolute atomic E-state index is 8.14. The van der Waals surface area contributed by atoms with Crippen molar-refractivity contribution in [2.24, 2.45) is 0 Å². The summed E-state index contributed by atoms with van der Waals surface area (Å²) < 4.78 is 12.3. The van der Waals surface area contributed by atoms with E-state index in [0.29, 0.717) is 0 Å². The second kappa shape index (κ2) is 9.38. The first-order chi connectivity index (χ1) is 5.81. The molecular formula is H8IN4O7+. The van der Waals surface area contributed by atoms with E-state index in [1.807, 2.05) is 0 Å². The zero-order chi connectivity index (χ0) is 9.23. The third-order valence-electron chi connectivity index (χ3n) is 0.399. The number of hydrogen-bond acceptors (Lipinski definition) is 9. The fraction of sp³-hybridized carbons (Fsp3) is 0. The molecule has 0 radical (unpaired) electrons. The van der Waals surface area contributed by atoms with Gasteiger partial charge in [-0.3, -0.25) is 0 Å². The summed E-state index contributed by atoms with van der Waals surface area (Å²) in [5, 5.41) is 12.9. The molecular weight excluding hydrogens is 295 g/mol. The Hall–Kier alpha value is 0.290. The van der Waals surface area contributed by atoms with Gasteiger partial charge in [0, 0.05) is 0 Å². The van der Waals surface area contributed by atoms with Gasteiger partial charge in [0.15, 0.2) is 0 Å². The SMILES string of the molecule is O[I-]ONON([OH2+])ONON[OH2+]. The van der Waals surface area contributed by atoms with Gasteiger partial charge in [-0.05, 0) is 0 Å². The molecule has 0 heterocycles. The zero-order valence-electron chi connectivity index (χ0n) is 5.41. The molecule has 0 spiro atoms. The minimum atomic E-state index is -1.44. The monoisotopic (exact) mass is 303 g/mol. The summed E-state index contributed by atoms with van der Waals surface area (Å²) >= 11 is -1.44. The molecule has 0 aliphatic rings. The Morgan fingerprint density at radius 3 is 2.58 bits per heavy atom. The molecule has 0 amide bonds. The molecule has 0 unspecified atom stereocenters. The summed E-state index contributed by atoms with van der Waals surface area (Å²) in [7, 11) is 0. The van der Waals surface area contributed by atoms with E-state index in [0.717, 1.165) is 0 Å². The number of nitrogens with zero attached hydrogens (tertiary/aromatic N) is 1. The topological polar surface area (TPSA) is 142 Å². The van der Waals surface area contributed by atoms with Gasteiger partial charge in [-0.1, -0.05) is 0 Å². The van der Waals surface area contributed by atoms with Crippen molar-refractivity contribution in [3.8, 4) is 0 Å². The van der Waals surface area contributed by atoms with E-state index in [2.05, 4.69) is 18.0 Å². The maximum atomic E-state index is 8.14. The van der Waals surface area contributed by atoms with Crippen molar-refractivity contribution < 1.29 is 53.9 Å². The number of rotatable bonds is 8. The normalized spacial score (nSPS) is 11.3. The average molecular weight is 303 g/mol. The first kappa shape index (κ1) is 12.3. The molecule has 0 aromatic heterocycles. The van der Waals surface area contributed by atoms with Gasteiger partial charge < -0.3 is 0 Å². The van der Waals surface area contributed by atoms with E-state index in [1.54, 1.807) is 11.3 Å². The van der Waals surface area contributed by atoms with Gasteiger partial charge in [-0.25, -0.2) is 0 Å². The number of nitrogens with one attached hydrogen (secondary N) is 3. The van der Waals surface area contributed by atoms with Crippen LogP contribution in [0.2, 0.25) is 0 Å². The fourth-order valence-electron chi connectivity index (χ4n) is 0.154. The molecule has 12 heavy (non-hydrogen) atoms. The van der Waals surface area contributed by atoms with Gasteiger partial charge in [0.25, 0.3) is 0 Å². The molecule has 12 heteroatoms. The standard InChI is InChI=1S/H6IN4O7/c6-1-9-3-11-5(8)12-4-10-2-7/h2-4,6-8H/q-1/p+2. The van der Waals surface area contributed by atoms with Crippen LogP contribution in [-0.4, -0.2) is 19.2 Å². The van der Waals surface area contributed by atoms with Crippen molar-refractivity contribution in [3.05, 3.63) is 0 Å². The van der Waals surface area contributed by atoms with Crippen molar-refractivity contribution in [3.63, 3.8) is 0 Å². The summed E-state index contributed by atoms with van der Waals surface area (Å²) in [6.45, 7) is 0. The van der Waals surface area contributed by atoms with Crippen LogP contribution in [0.4, 0.5) is 0 Å². The Balaban J connectivity index is 3.04. The Morgan fingerprint density at radius 1 is 1.33 bits per heavy atom. The molecule has 0 aromatic rings. The molecule has 0 aliphatic carbocycles. The van der Waals surface area contributed by atoms with E-state index in [4.69, 9.17) is 13.9 Å². The second-order valence-electron chi connectivity index (χ2n) is 0.957. The third kappa shape index (κ3) is 8.39. The first-order valence-corrected chi connectivity index (χ1v) is 4.03. The molecule has 11 nitrogen and oxygen atoms in total. The molecule has 0 aromatic carbocycles. The first-order valence-electron chi connectivity index (χ1n) is 2.18. The molecule has 0 atom stereocenters. The van der Waals surface area contributed by atoms with Crippen LogP contribution in [0.1, 0.15) is 0 Å². The fourth-order valence-corrected chi connectivity index (χ4v) is 0.315. The van der Waals surface area contributed by atoms with E-state index in [1.165, 1.54) is 5.64 Å². The Kier molecular flexibility index (Phi) is 9.61. The molecule has 0 aliphatic heterocycles. The van der Waals surface area contributed by atoms with Crippen LogP contribution in [0.15, 0.2) is 0 Å². The molecule has 0 saturated heterocycles. The summed E-state index contributed by atoms with van der Waals surface area (Å²) in [6.07, 6.45) is 0. The molecule has 0 bridgehead atoms. The van der Waals surface area contributed by atoms with Crippen LogP contribution in [0.5, 0.6) is 0 Å². The predicted octanol–water partition coefficient (Wildman–Crippen LogP) is -7.28. The van der Waals surface area contributed by atoms with Crippen molar-refractivity contribution in [1.82, 2.24) is 22.3 Å². The average Bonchev–Trinajstić information content (AvgIpc) is 2.06. The molecule has 0 rings (SSSR count). The molecule has 8 N–H and O–H groups in total. The van der Waals surface area contributed by atoms with Gasteiger partial charge in [0.2, 0.25) is 0 Å². The minimum absolute atomic E-state index is 0.0245. The van der Waals surface area contributed by atoms with Gasteiger partial charge >= 0.3 is 76.2 Å². The van der Waals surface area contributed by atoms with E-state index in [9.17, 15) is 0 Å². The summed E-state index contributed by atoms with van der Waals surface area (Å²) in [6, 6.07) is 0. The summed E-state index contributed by atoms with van der Waals surface area (Å²) in [5.74, 6) is 0. The third-order valence-corrected chi connectivity index (χ3v) is 0.776.